The summed E-state index contributed by atoms with van der Waals surface area (Å²) in [7, 11) is 1.73. The summed E-state index contributed by atoms with van der Waals surface area (Å²) in [6.07, 6.45) is 3.78. The number of thiazole rings is 1. The lowest BCUT2D eigenvalue weighted by Crippen LogP contribution is -2.36. The van der Waals surface area contributed by atoms with E-state index >= 15 is 0 Å². The van der Waals surface area contributed by atoms with Gasteiger partial charge in [-0.3, -0.25) is 14.2 Å². The predicted octanol–water partition coefficient (Wildman–Crippen LogP) is 3.12. The third-order valence-corrected chi connectivity index (χ3v) is 6.40. The van der Waals surface area contributed by atoms with Crippen LogP contribution in [0.1, 0.15) is 37.6 Å². The molecule has 1 aliphatic heterocycles. The van der Waals surface area contributed by atoms with Crippen molar-refractivity contribution in [2.45, 2.75) is 45.1 Å². The summed E-state index contributed by atoms with van der Waals surface area (Å²) < 4.78 is 1.57. The van der Waals surface area contributed by atoms with Crippen LogP contribution in [0.15, 0.2) is 35.1 Å². The highest BCUT2D eigenvalue weighted by Gasteiger charge is 2.32. The number of carbonyl (C=O) groups is 1. The van der Waals surface area contributed by atoms with Crippen LogP contribution in [0.4, 0.5) is 5.13 Å². The van der Waals surface area contributed by atoms with E-state index < -0.39 is 0 Å². The zero-order valence-corrected chi connectivity index (χ0v) is 17.0. The highest BCUT2D eigenvalue weighted by atomic mass is 32.1. The van der Waals surface area contributed by atoms with Crippen molar-refractivity contribution in [3.63, 3.8) is 0 Å². The Labute approximate surface area is 167 Å². The van der Waals surface area contributed by atoms with E-state index in [1.807, 2.05) is 25.1 Å². The Hall–Kier alpha value is -2.54. The van der Waals surface area contributed by atoms with Crippen LogP contribution in [0, 0.1) is 0 Å². The van der Waals surface area contributed by atoms with E-state index in [1.54, 1.807) is 11.6 Å². The number of aromatic nitrogens is 3. The fraction of sp³-hybridized carbons (Fsp3) is 0.429. The average molecular weight is 397 g/mol. The normalized spacial score (nSPS) is 16.8. The number of rotatable bonds is 6. The molecule has 146 valence electrons. The van der Waals surface area contributed by atoms with E-state index in [1.165, 1.54) is 16.9 Å². The number of nitrogens with zero attached hydrogens (tertiary/aromatic N) is 4. The fourth-order valence-corrected chi connectivity index (χ4v) is 4.86. The maximum absolute atomic E-state index is 12.9. The summed E-state index contributed by atoms with van der Waals surface area (Å²) >= 11 is 1.42. The molecule has 0 amide bonds. The van der Waals surface area contributed by atoms with Crippen LogP contribution in [-0.4, -0.2) is 32.9 Å². The largest absolute Gasteiger partial charge is 0.338 e. The van der Waals surface area contributed by atoms with Crippen LogP contribution in [0.25, 0.3) is 10.3 Å². The molecule has 1 atom stereocenters. The Balaban J connectivity index is 1.57. The number of Topliss-reactive ketones (excluding diaryl/α,β-unsaturated/α-hetero) is 1. The van der Waals surface area contributed by atoms with Gasteiger partial charge in [-0.15, -0.1) is 0 Å². The van der Waals surface area contributed by atoms with E-state index in [9.17, 15) is 9.59 Å². The second-order valence-corrected chi connectivity index (χ2v) is 8.16. The maximum Gasteiger partial charge on any atom is 0.280 e. The zero-order valence-electron chi connectivity index (χ0n) is 16.2. The molecule has 2 aromatic heterocycles. The summed E-state index contributed by atoms with van der Waals surface area (Å²) in [6, 6.07) is 9.94. The second kappa shape index (κ2) is 7.83. The molecule has 0 bridgehead atoms. The summed E-state index contributed by atoms with van der Waals surface area (Å²) in [5, 5.41) is 0.739. The lowest BCUT2D eigenvalue weighted by molar-refractivity contribution is -0.120. The third kappa shape index (κ3) is 3.46. The highest BCUT2D eigenvalue weighted by molar-refractivity contribution is 7.21. The smallest absolute Gasteiger partial charge is 0.280 e. The van der Waals surface area contributed by atoms with Gasteiger partial charge in [-0.05, 0) is 24.8 Å². The Morgan fingerprint density at radius 2 is 2.04 bits per heavy atom. The zero-order chi connectivity index (χ0) is 19.7. The maximum atomic E-state index is 12.9. The first-order chi connectivity index (χ1) is 13.6. The molecule has 1 fully saturated rings. The molecule has 0 unspecified atom stereocenters. The van der Waals surface area contributed by atoms with Crippen LogP contribution < -0.4 is 10.5 Å². The molecule has 0 N–H and O–H groups in total. The first-order valence-electron chi connectivity index (χ1n) is 9.78. The first-order valence-corrected chi connectivity index (χ1v) is 10.6. The number of anilines is 1. The van der Waals surface area contributed by atoms with Gasteiger partial charge in [0.25, 0.3) is 5.56 Å². The third-order valence-electron chi connectivity index (χ3n) is 5.41. The number of fused-ring (bicyclic) bond motifs is 1. The molecular weight excluding hydrogens is 372 g/mol. The van der Waals surface area contributed by atoms with Gasteiger partial charge in [-0.25, -0.2) is 9.97 Å². The molecule has 6 nitrogen and oxygen atoms in total. The Kier molecular flexibility index (Phi) is 5.26. The lowest BCUT2D eigenvalue weighted by atomic mass is 10.0. The van der Waals surface area contributed by atoms with Gasteiger partial charge in [0.05, 0.1) is 6.04 Å². The number of hydrogen-bond donors (Lipinski definition) is 0. The van der Waals surface area contributed by atoms with Crippen LogP contribution in [-0.2, 0) is 24.7 Å². The van der Waals surface area contributed by atoms with Gasteiger partial charge < -0.3 is 4.90 Å². The Morgan fingerprint density at radius 1 is 1.25 bits per heavy atom. The minimum absolute atomic E-state index is 0.115. The summed E-state index contributed by atoms with van der Waals surface area (Å²) in [4.78, 5) is 37.4. The lowest BCUT2D eigenvalue weighted by Gasteiger charge is -2.22. The topological polar surface area (TPSA) is 68.1 Å². The first kappa shape index (κ1) is 18.8. The molecule has 3 aromatic rings. The predicted molar refractivity (Wildman–Crippen MR) is 112 cm³/mol. The molecule has 1 aromatic carbocycles. The fourth-order valence-electron chi connectivity index (χ4n) is 3.83. The molecule has 4 rings (SSSR count). The van der Waals surface area contributed by atoms with Crippen LogP contribution in [0.3, 0.4) is 0 Å². The van der Waals surface area contributed by atoms with Gasteiger partial charge in [0, 0.05) is 26.4 Å². The highest BCUT2D eigenvalue weighted by Crippen LogP contribution is 2.32. The van der Waals surface area contributed by atoms with Crippen molar-refractivity contribution in [2.24, 2.45) is 7.05 Å². The molecule has 1 aliphatic rings. The monoisotopic (exact) mass is 396 g/mol. The summed E-state index contributed by atoms with van der Waals surface area (Å²) in [5.41, 5.74) is 1.47. The molecule has 1 saturated heterocycles. The molecule has 0 saturated carbocycles. The Bertz CT molecular complexity index is 1060. The molecule has 0 spiro atoms. The SMILES string of the molecule is CCc1nc2sc(N3CCC[C@@H]3C(=O)CCc3ccccc3)nc2c(=O)n1C. The van der Waals surface area contributed by atoms with Crippen LogP contribution >= 0.6 is 11.3 Å². The standard InChI is InChI=1S/C21H24N4O2S/c1-3-17-22-19-18(20(27)24(17)2)23-21(28-19)25-13-7-10-15(25)16(26)12-11-14-8-5-4-6-9-14/h4-6,8-9,15H,3,7,10-13H2,1-2H3/t15-/m1/s1. The van der Waals surface area contributed by atoms with Crippen molar-refractivity contribution < 1.29 is 4.79 Å². The number of benzene rings is 1. The van der Waals surface area contributed by atoms with Gasteiger partial charge in [0.15, 0.2) is 21.3 Å². The molecule has 0 aliphatic carbocycles. The van der Waals surface area contributed by atoms with Crippen molar-refractivity contribution in [1.82, 2.24) is 14.5 Å². The van der Waals surface area contributed by atoms with Crippen LogP contribution in [0.2, 0.25) is 0 Å². The molecule has 7 heteroatoms. The van der Waals surface area contributed by atoms with E-state index in [2.05, 4.69) is 27.0 Å². The van der Waals surface area contributed by atoms with E-state index in [4.69, 9.17) is 0 Å². The van der Waals surface area contributed by atoms with Crippen molar-refractivity contribution in [3.05, 3.63) is 52.1 Å². The summed E-state index contributed by atoms with van der Waals surface area (Å²) in [5.74, 6) is 1.00. The van der Waals surface area contributed by atoms with Crippen molar-refractivity contribution in [1.29, 1.82) is 0 Å². The number of carbonyl (C=O) groups excluding carboxylic acids is 1. The van der Waals surface area contributed by atoms with Gasteiger partial charge in [0.2, 0.25) is 0 Å². The quantitative estimate of drug-likeness (QED) is 0.640. The van der Waals surface area contributed by atoms with Crippen molar-refractivity contribution >= 4 is 32.6 Å². The van der Waals surface area contributed by atoms with Crippen LogP contribution in [0.5, 0.6) is 0 Å². The van der Waals surface area contributed by atoms with E-state index in [0.29, 0.717) is 23.2 Å². The van der Waals surface area contributed by atoms with Gasteiger partial charge >= 0.3 is 0 Å². The average Bonchev–Trinajstić information content (AvgIpc) is 3.36. The minimum Gasteiger partial charge on any atom is -0.338 e. The second-order valence-electron chi connectivity index (χ2n) is 7.20. The van der Waals surface area contributed by atoms with Gasteiger partial charge in [0.1, 0.15) is 5.82 Å². The van der Waals surface area contributed by atoms with Gasteiger partial charge in [-0.2, -0.15) is 0 Å². The number of hydrogen-bond acceptors (Lipinski definition) is 6. The van der Waals surface area contributed by atoms with Gasteiger partial charge in [-0.1, -0.05) is 48.6 Å². The minimum atomic E-state index is -0.154. The van der Waals surface area contributed by atoms with Crippen molar-refractivity contribution in [3.8, 4) is 0 Å². The van der Waals surface area contributed by atoms with Crippen molar-refractivity contribution in [2.75, 3.05) is 11.4 Å². The van der Waals surface area contributed by atoms with E-state index in [0.717, 1.165) is 36.8 Å². The Morgan fingerprint density at radius 3 is 2.79 bits per heavy atom. The molecular formula is C21H24N4O2S. The van der Waals surface area contributed by atoms with E-state index in [-0.39, 0.29) is 17.4 Å². The molecule has 0 radical (unpaired) electrons. The number of aryl methyl sites for hydroxylation is 2. The number of ketones is 1. The molecule has 28 heavy (non-hydrogen) atoms. The molecule has 3 heterocycles. The summed E-state index contributed by atoms with van der Waals surface area (Å²) in [6.45, 7) is 2.78.